The number of aliphatic carboxylic acids is 1. The van der Waals surface area contributed by atoms with Gasteiger partial charge in [0, 0.05) is 18.2 Å². The molecule has 8 nitrogen and oxygen atoms in total. The van der Waals surface area contributed by atoms with Crippen LogP contribution in [0.5, 0.6) is 0 Å². The summed E-state index contributed by atoms with van der Waals surface area (Å²) in [5.74, 6) is -1.00. The van der Waals surface area contributed by atoms with Crippen LogP contribution in [0.3, 0.4) is 0 Å². The van der Waals surface area contributed by atoms with E-state index in [-0.39, 0.29) is 22.5 Å². The molecule has 0 spiro atoms. The van der Waals surface area contributed by atoms with Crippen molar-refractivity contribution in [2.45, 2.75) is 42.7 Å². The number of carboxylic acids is 1. The van der Waals surface area contributed by atoms with Crippen molar-refractivity contribution in [3.63, 3.8) is 0 Å². The van der Waals surface area contributed by atoms with Crippen LogP contribution >= 0.6 is 0 Å². The van der Waals surface area contributed by atoms with Gasteiger partial charge in [0.2, 0.25) is 10.0 Å². The Morgan fingerprint density at radius 2 is 1.62 bits per heavy atom. The SMILES string of the molecule is O=C(O)C1CC2CCCC2N1S(=O)(=O)c1ccc(-c2ccc([N+](=O)[O-])cc2)cc1. The second kappa shape index (κ2) is 7.23. The summed E-state index contributed by atoms with van der Waals surface area (Å²) in [6, 6.07) is 10.9. The molecule has 3 atom stereocenters. The van der Waals surface area contributed by atoms with Gasteiger partial charge in [0.15, 0.2) is 0 Å². The van der Waals surface area contributed by atoms with Crippen molar-refractivity contribution in [3.8, 4) is 11.1 Å². The van der Waals surface area contributed by atoms with Crippen molar-refractivity contribution in [1.29, 1.82) is 0 Å². The van der Waals surface area contributed by atoms with Crippen LogP contribution in [0.15, 0.2) is 53.4 Å². The Balaban J connectivity index is 1.63. The summed E-state index contributed by atoms with van der Waals surface area (Å²) >= 11 is 0. The minimum atomic E-state index is -3.94. The summed E-state index contributed by atoms with van der Waals surface area (Å²) in [7, 11) is -3.94. The molecule has 3 unspecified atom stereocenters. The van der Waals surface area contributed by atoms with Crippen LogP contribution in [0.4, 0.5) is 5.69 Å². The molecule has 9 heteroatoms. The molecular weight excluding hydrogens is 396 g/mol. The molecule has 0 aromatic heterocycles. The normalized spacial score (nSPS) is 24.3. The Labute approximate surface area is 168 Å². The van der Waals surface area contributed by atoms with Crippen molar-refractivity contribution in [1.82, 2.24) is 4.31 Å². The molecule has 0 amide bonds. The fourth-order valence-electron chi connectivity index (χ4n) is 4.52. The lowest BCUT2D eigenvalue weighted by molar-refractivity contribution is -0.384. The van der Waals surface area contributed by atoms with Gasteiger partial charge in [0.1, 0.15) is 6.04 Å². The Hall–Kier alpha value is -2.78. The van der Waals surface area contributed by atoms with E-state index in [0.29, 0.717) is 18.4 Å². The van der Waals surface area contributed by atoms with Crippen molar-refractivity contribution in [2.24, 2.45) is 5.92 Å². The third kappa shape index (κ3) is 3.40. The Kier molecular flexibility index (Phi) is 4.87. The lowest BCUT2D eigenvalue weighted by atomic mass is 10.0. The molecule has 2 aromatic carbocycles. The van der Waals surface area contributed by atoms with E-state index in [4.69, 9.17) is 0 Å². The van der Waals surface area contributed by atoms with E-state index in [2.05, 4.69) is 0 Å². The maximum atomic E-state index is 13.2. The van der Waals surface area contributed by atoms with Gasteiger partial charge in [-0.3, -0.25) is 14.9 Å². The molecule has 2 fully saturated rings. The summed E-state index contributed by atoms with van der Waals surface area (Å²) in [5.41, 5.74) is 1.42. The van der Waals surface area contributed by atoms with Crippen molar-refractivity contribution >= 4 is 21.7 Å². The van der Waals surface area contributed by atoms with E-state index in [0.717, 1.165) is 18.4 Å². The number of non-ortho nitro benzene ring substituents is 1. The highest BCUT2D eigenvalue weighted by atomic mass is 32.2. The zero-order valence-corrected chi connectivity index (χ0v) is 16.3. The van der Waals surface area contributed by atoms with E-state index in [1.165, 1.54) is 28.6 Å². The van der Waals surface area contributed by atoms with Gasteiger partial charge >= 0.3 is 5.97 Å². The van der Waals surface area contributed by atoms with Gasteiger partial charge in [0.25, 0.3) is 5.69 Å². The monoisotopic (exact) mass is 416 g/mol. The number of sulfonamides is 1. The molecule has 0 bridgehead atoms. The Bertz CT molecular complexity index is 1050. The number of hydrogen-bond acceptors (Lipinski definition) is 5. The highest BCUT2D eigenvalue weighted by Crippen LogP contribution is 2.44. The molecule has 29 heavy (non-hydrogen) atoms. The number of nitro groups is 1. The molecule has 0 radical (unpaired) electrons. The first-order valence-electron chi connectivity index (χ1n) is 9.40. The van der Waals surface area contributed by atoms with Gasteiger partial charge in [0.05, 0.1) is 9.82 Å². The number of nitrogens with zero attached hydrogens (tertiary/aromatic N) is 2. The number of carbonyl (C=O) groups is 1. The second-order valence-corrected chi connectivity index (χ2v) is 9.35. The summed E-state index contributed by atoms with van der Waals surface area (Å²) in [4.78, 5) is 22.0. The van der Waals surface area contributed by atoms with E-state index in [9.17, 15) is 28.4 Å². The lowest BCUT2D eigenvalue weighted by Gasteiger charge is -2.26. The molecule has 2 aliphatic rings. The Morgan fingerprint density at radius 3 is 2.17 bits per heavy atom. The minimum absolute atomic E-state index is 0.0205. The largest absolute Gasteiger partial charge is 0.480 e. The average Bonchev–Trinajstić information content (AvgIpc) is 3.29. The highest BCUT2D eigenvalue weighted by molar-refractivity contribution is 7.89. The van der Waals surface area contributed by atoms with Gasteiger partial charge in [-0.2, -0.15) is 4.31 Å². The highest BCUT2D eigenvalue weighted by Gasteiger charge is 2.52. The number of nitro benzene ring substituents is 1. The van der Waals surface area contributed by atoms with Crippen LogP contribution in [0, 0.1) is 16.0 Å². The molecule has 2 aromatic rings. The molecule has 152 valence electrons. The van der Waals surface area contributed by atoms with Gasteiger partial charge < -0.3 is 5.11 Å². The van der Waals surface area contributed by atoms with Crippen LogP contribution in [0.25, 0.3) is 11.1 Å². The van der Waals surface area contributed by atoms with Gasteiger partial charge in [-0.15, -0.1) is 0 Å². The number of fused-ring (bicyclic) bond motifs is 1. The van der Waals surface area contributed by atoms with E-state index >= 15 is 0 Å². The zero-order valence-electron chi connectivity index (χ0n) is 15.5. The summed E-state index contributed by atoms with van der Waals surface area (Å²) in [6.45, 7) is 0. The number of carboxylic acid groups (broad SMARTS) is 1. The van der Waals surface area contributed by atoms with Crippen LogP contribution in [0.2, 0.25) is 0 Å². The van der Waals surface area contributed by atoms with Crippen LogP contribution in [-0.4, -0.2) is 40.8 Å². The van der Waals surface area contributed by atoms with Crippen LogP contribution in [0.1, 0.15) is 25.7 Å². The lowest BCUT2D eigenvalue weighted by Crippen LogP contribution is -2.44. The van der Waals surface area contributed by atoms with Gasteiger partial charge in [-0.05, 0) is 60.6 Å². The maximum absolute atomic E-state index is 13.2. The number of hydrogen-bond donors (Lipinski definition) is 1. The molecule has 1 saturated carbocycles. The van der Waals surface area contributed by atoms with E-state index in [1.807, 2.05) is 0 Å². The van der Waals surface area contributed by atoms with E-state index in [1.54, 1.807) is 24.3 Å². The molecule has 1 aliphatic heterocycles. The molecule has 1 N–H and O–H groups in total. The van der Waals surface area contributed by atoms with Crippen LogP contribution < -0.4 is 0 Å². The third-order valence-corrected chi connectivity index (χ3v) is 7.85. The first-order chi connectivity index (χ1) is 13.8. The first-order valence-corrected chi connectivity index (χ1v) is 10.8. The molecule has 1 heterocycles. The van der Waals surface area contributed by atoms with Gasteiger partial charge in [-0.1, -0.05) is 18.6 Å². The molecule has 1 saturated heterocycles. The van der Waals surface area contributed by atoms with Crippen molar-refractivity contribution in [2.75, 3.05) is 0 Å². The summed E-state index contributed by atoms with van der Waals surface area (Å²) in [5, 5.41) is 20.3. The van der Waals surface area contributed by atoms with Gasteiger partial charge in [-0.25, -0.2) is 8.42 Å². The Morgan fingerprint density at radius 1 is 1.03 bits per heavy atom. The standard InChI is InChI=1S/C20H20N2O6S/c23-20(24)19-12-15-2-1-3-18(15)21(19)29(27,28)17-10-6-14(7-11-17)13-4-8-16(9-5-13)22(25)26/h4-11,15,18-19H,1-3,12H2,(H,23,24). The van der Waals surface area contributed by atoms with Crippen LogP contribution in [-0.2, 0) is 14.8 Å². The minimum Gasteiger partial charge on any atom is -0.480 e. The fraction of sp³-hybridized carbons (Fsp3) is 0.350. The maximum Gasteiger partial charge on any atom is 0.322 e. The van der Waals surface area contributed by atoms with Crippen molar-refractivity contribution < 1.29 is 23.2 Å². The predicted octanol–water partition coefficient (Wildman–Crippen LogP) is 3.28. The molecular formula is C20H20N2O6S. The topological polar surface area (TPSA) is 118 Å². The third-order valence-electron chi connectivity index (χ3n) is 5.91. The zero-order chi connectivity index (χ0) is 20.8. The quantitative estimate of drug-likeness (QED) is 0.590. The second-order valence-electron chi connectivity index (χ2n) is 7.51. The first kappa shape index (κ1) is 19.5. The fourth-order valence-corrected chi connectivity index (χ4v) is 6.39. The average molecular weight is 416 g/mol. The predicted molar refractivity (Wildman–Crippen MR) is 105 cm³/mol. The number of rotatable bonds is 5. The smallest absolute Gasteiger partial charge is 0.322 e. The molecule has 4 rings (SSSR count). The van der Waals surface area contributed by atoms with E-state index < -0.39 is 27.0 Å². The summed E-state index contributed by atoms with van der Waals surface area (Å²) < 4.78 is 27.7. The molecule has 1 aliphatic carbocycles. The van der Waals surface area contributed by atoms with Crippen molar-refractivity contribution in [3.05, 3.63) is 58.6 Å². The number of benzene rings is 2. The summed E-state index contributed by atoms with van der Waals surface area (Å²) in [6.07, 6.45) is 2.82.